The topological polar surface area (TPSA) is 123 Å². The first-order valence-electron chi connectivity index (χ1n) is 9.89. The molecule has 0 aliphatic carbocycles. The number of pyridine rings is 3. The van der Waals surface area contributed by atoms with Crippen molar-refractivity contribution >= 4 is 22.1 Å². The van der Waals surface area contributed by atoms with Gasteiger partial charge >= 0.3 is 0 Å². The van der Waals surface area contributed by atoms with E-state index in [2.05, 4.69) is 35.1 Å². The van der Waals surface area contributed by atoms with Crippen molar-refractivity contribution in [3.63, 3.8) is 0 Å². The summed E-state index contributed by atoms with van der Waals surface area (Å²) in [7, 11) is 1.61. The van der Waals surface area contributed by atoms with E-state index in [4.69, 9.17) is 9.72 Å². The van der Waals surface area contributed by atoms with Crippen LogP contribution in [0.4, 0.5) is 0 Å². The Morgan fingerprint density at radius 2 is 2.00 bits per heavy atom. The van der Waals surface area contributed by atoms with Crippen LogP contribution in [0.5, 0.6) is 5.75 Å². The predicted molar refractivity (Wildman–Crippen MR) is 118 cm³/mol. The largest absolute Gasteiger partial charge is 0.495 e. The maximum absolute atomic E-state index is 5.29. The van der Waals surface area contributed by atoms with Crippen molar-refractivity contribution in [1.82, 2.24) is 44.7 Å². The van der Waals surface area contributed by atoms with Crippen LogP contribution >= 0.6 is 0 Å². The van der Waals surface area contributed by atoms with Crippen molar-refractivity contribution in [2.24, 2.45) is 0 Å². The second-order valence-electron chi connectivity index (χ2n) is 7.34. The first-order chi connectivity index (χ1) is 15.7. The lowest BCUT2D eigenvalue weighted by atomic mass is 10.1. The number of rotatable bonds is 4. The van der Waals surface area contributed by atoms with Gasteiger partial charge in [-0.05, 0) is 25.1 Å². The van der Waals surface area contributed by atoms with Gasteiger partial charge in [-0.1, -0.05) is 0 Å². The molecule has 2 N–H and O–H groups in total. The van der Waals surface area contributed by atoms with Gasteiger partial charge < -0.3 is 14.3 Å². The fourth-order valence-corrected chi connectivity index (χ4v) is 3.70. The molecule has 10 nitrogen and oxygen atoms in total. The number of nitrogens with one attached hydrogen (secondary N) is 2. The van der Waals surface area contributed by atoms with E-state index in [1.165, 1.54) is 0 Å². The molecule has 32 heavy (non-hydrogen) atoms. The lowest BCUT2D eigenvalue weighted by molar-refractivity contribution is 0.413. The minimum absolute atomic E-state index is 0.603. The number of fused-ring (bicyclic) bond motifs is 2. The van der Waals surface area contributed by atoms with Gasteiger partial charge in [0.05, 0.1) is 48.4 Å². The summed E-state index contributed by atoms with van der Waals surface area (Å²) in [6.45, 7) is 1.95. The van der Waals surface area contributed by atoms with Crippen LogP contribution in [-0.4, -0.2) is 51.8 Å². The van der Waals surface area contributed by atoms with E-state index in [0.717, 1.165) is 39.1 Å². The molecule has 0 aliphatic heterocycles. The van der Waals surface area contributed by atoms with Gasteiger partial charge in [-0.15, -0.1) is 0 Å². The van der Waals surface area contributed by atoms with E-state index in [-0.39, 0.29) is 0 Å². The fourth-order valence-electron chi connectivity index (χ4n) is 3.70. The minimum Gasteiger partial charge on any atom is -0.495 e. The molecule has 6 rings (SSSR count). The average Bonchev–Trinajstić information content (AvgIpc) is 3.55. The number of hydrogen-bond acceptors (Lipinski definition) is 7. The Kier molecular flexibility index (Phi) is 3.97. The highest BCUT2D eigenvalue weighted by molar-refractivity contribution is 5.95. The summed E-state index contributed by atoms with van der Waals surface area (Å²) in [6, 6.07) is 5.78. The summed E-state index contributed by atoms with van der Waals surface area (Å²) in [5, 5.41) is 8.41. The third-order valence-corrected chi connectivity index (χ3v) is 5.28. The third kappa shape index (κ3) is 2.88. The Morgan fingerprint density at radius 3 is 2.84 bits per heavy atom. The second-order valence-corrected chi connectivity index (χ2v) is 7.34. The molecule has 6 heterocycles. The monoisotopic (exact) mass is 423 g/mol. The predicted octanol–water partition coefficient (Wildman–Crippen LogP) is 3.46. The molecule has 0 spiro atoms. The molecular weight excluding hydrogens is 406 g/mol. The summed E-state index contributed by atoms with van der Waals surface area (Å²) in [5.74, 6) is 1.28. The summed E-state index contributed by atoms with van der Waals surface area (Å²) >= 11 is 0. The fraction of sp³-hybridized carbons (Fsp3) is 0.0909. The number of H-pyrrole nitrogens is 2. The Morgan fingerprint density at radius 1 is 1.06 bits per heavy atom. The molecule has 156 valence electrons. The molecule has 0 saturated carbocycles. The minimum atomic E-state index is 0.603. The van der Waals surface area contributed by atoms with Crippen molar-refractivity contribution in [3.05, 3.63) is 61.2 Å². The molecule has 6 aromatic heterocycles. The molecule has 0 unspecified atom stereocenters. The zero-order chi connectivity index (χ0) is 21.7. The quantitative estimate of drug-likeness (QED) is 0.445. The van der Waals surface area contributed by atoms with E-state index in [1.54, 1.807) is 38.2 Å². The zero-order valence-electron chi connectivity index (χ0n) is 17.2. The van der Waals surface area contributed by atoms with Crippen LogP contribution in [-0.2, 0) is 0 Å². The number of nitrogens with zero attached hydrogens (tertiary/aromatic N) is 7. The van der Waals surface area contributed by atoms with Gasteiger partial charge in [0, 0.05) is 29.5 Å². The first kappa shape index (κ1) is 18.2. The summed E-state index contributed by atoms with van der Waals surface area (Å²) in [4.78, 5) is 25.6. The number of imidazole rings is 2. The smallest absolute Gasteiger partial charge is 0.180 e. The lowest BCUT2D eigenvalue weighted by Crippen LogP contribution is -1.92. The Bertz CT molecular complexity index is 1590. The second kappa shape index (κ2) is 6.98. The average molecular weight is 423 g/mol. The Labute approximate surface area is 181 Å². The van der Waals surface area contributed by atoms with Gasteiger partial charge in [-0.25, -0.2) is 15.0 Å². The molecule has 0 atom stereocenters. The van der Waals surface area contributed by atoms with Crippen molar-refractivity contribution in [1.29, 1.82) is 0 Å². The Balaban J connectivity index is 1.49. The Hall–Kier alpha value is -4.60. The molecular formula is C22H17N9O. The van der Waals surface area contributed by atoms with Crippen LogP contribution in [0.1, 0.15) is 5.69 Å². The first-order valence-corrected chi connectivity index (χ1v) is 9.89. The molecule has 10 heteroatoms. The van der Waals surface area contributed by atoms with Crippen molar-refractivity contribution in [3.8, 4) is 34.2 Å². The van der Waals surface area contributed by atoms with E-state index in [0.29, 0.717) is 22.9 Å². The zero-order valence-corrected chi connectivity index (χ0v) is 17.2. The SMILES string of the molecule is COc1cncc(-c2cc3c(-c4nc5nccc(-n6cnc(C)c6)c5[nH]4)n[nH]c3cn2)c1. The van der Waals surface area contributed by atoms with Crippen LogP contribution in [0.25, 0.3) is 50.5 Å². The van der Waals surface area contributed by atoms with Crippen LogP contribution in [0.15, 0.2) is 55.5 Å². The molecule has 0 aromatic carbocycles. The van der Waals surface area contributed by atoms with Crippen LogP contribution < -0.4 is 4.74 Å². The van der Waals surface area contributed by atoms with Crippen molar-refractivity contribution in [2.75, 3.05) is 7.11 Å². The molecule has 0 bridgehead atoms. The molecule has 0 aliphatic rings. The summed E-state index contributed by atoms with van der Waals surface area (Å²) < 4.78 is 7.23. The molecule has 0 fully saturated rings. The van der Waals surface area contributed by atoms with Crippen LogP contribution in [0, 0.1) is 6.92 Å². The van der Waals surface area contributed by atoms with Gasteiger partial charge in [-0.2, -0.15) is 5.10 Å². The van der Waals surface area contributed by atoms with Gasteiger partial charge in [0.2, 0.25) is 0 Å². The van der Waals surface area contributed by atoms with Crippen LogP contribution in [0.3, 0.4) is 0 Å². The van der Waals surface area contributed by atoms with E-state index < -0.39 is 0 Å². The lowest BCUT2D eigenvalue weighted by Gasteiger charge is -2.03. The number of ether oxygens (including phenoxy) is 1. The van der Waals surface area contributed by atoms with Gasteiger partial charge in [0.15, 0.2) is 11.5 Å². The normalized spacial score (nSPS) is 11.4. The van der Waals surface area contributed by atoms with Crippen LogP contribution in [0.2, 0.25) is 0 Å². The highest BCUT2D eigenvalue weighted by Gasteiger charge is 2.17. The van der Waals surface area contributed by atoms with Gasteiger partial charge in [0.25, 0.3) is 0 Å². The highest BCUT2D eigenvalue weighted by atomic mass is 16.5. The summed E-state index contributed by atoms with van der Waals surface area (Å²) in [6.07, 6.45) is 10.6. The molecule has 0 amide bonds. The highest BCUT2D eigenvalue weighted by Crippen LogP contribution is 2.30. The number of methoxy groups -OCH3 is 1. The van der Waals surface area contributed by atoms with E-state index >= 15 is 0 Å². The number of aromatic amines is 2. The maximum Gasteiger partial charge on any atom is 0.180 e. The number of aromatic nitrogens is 9. The maximum atomic E-state index is 5.29. The number of aryl methyl sites for hydroxylation is 1. The van der Waals surface area contributed by atoms with Gasteiger partial charge in [-0.3, -0.25) is 15.1 Å². The summed E-state index contributed by atoms with van der Waals surface area (Å²) in [5.41, 5.74) is 6.36. The standard InChI is InChI=1S/C22H17N9O/c1-12-10-31(11-26-12)18-3-4-24-21-20(18)27-22(28-21)19-15-6-16(25-9-17(15)29-30-19)13-5-14(32-2)8-23-7-13/h3-11H,1-2H3,(H,29,30)(H,24,27,28). The van der Waals surface area contributed by atoms with E-state index in [9.17, 15) is 0 Å². The van der Waals surface area contributed by atoms with E-state index in [1.807, 2.05) is 35.9 Å². The molecule has 0 saturated heterocycles. The molecule has 6 aromatic rings. The van der Waals surface area contributed by atoms with Crippen molar-refractivity contribution < 1.29 is 4.74 Å². The molecule has 0 radical (unpaired) electrons. The van der Waals surface area contributed by atoms with Crippen molar-refractivity contribution in [2.45, 2.75) is 6.92 Å². The third-order valence-electron chi connectivity index (χ3n) is 5.28. The number of hydrogen-bond donors (Lipinski definition) is 2. The van der Waals surface area contributed by atoms with Gasteiger partial charge in [0.1, 0.15) is 17.0 Å².